The van der Waals surface area contributed by atoms with Gasteiger partial charge in [-0.05, 0) is 37.5 Å². The van der Waals surface area contributed by atoms with Crippen LogP contribution >= 0.6 is 11.6 Å². The van der Waals surface area contributed by atoms with Crippen molar-refractivity contribution in [3.8, 4) is 5.75 Å². The molecule has 0 bridgehead atoms. The zero-order valence-corrected chi connectivity index (χ0v) is 16.9. The lowest BCUT2D eigenvalue weighted by Crippen LogP contribution is -2.56. The van der Waals surface area contributed by atoms with Crippen molar-refractivity contribution in [2.45, 2.75) is 43.7 Å². The first kappa shape index (κ1) is 19.3. The van der Waals surface area contributed by atoms with Gasteiger partial charge in [0.15, 0.2) is 0 Å². The first-order valence-corrected chi connectivity index (χ1v) is 10.3. The van der Waals surface area contributed by atoms with E-state index >= 15 is 0 Å². The van der Waals surface area contributed by atoms with Crippen LogP contribution in [0.25, 0.3) is 0 Å². The number of methoxy groups -OCH3 is 1. The van der Waals surface area contributed by atoms with Crippen molar-refractivity contribution in [3.05, 3.63) is 64.7 Å². The lowest BCUT2D eigenvalue weighted by molar-refractivity contribution is -0.115. The normalized spacial score (nSPS) is 27.2. The molecule has 2 aliphatic rings. The van der Waals surface area contributed by atoms with Gasteiger partial charge in [-0.25, -0.2) is 0 Å². The number of carbonyl (C=O) groups excluding carboxylic acids is 1. The van der Waals surface area contributed by atoms with E-state index in [1.165, 1.54) is 0 Å². The van der Waals surface area contributed by atoms with Gasteiger partial charge in [0.1, 0.15) is 5.75 Å². The zero-order valence-electron chi connectivity index (χ0n) is 16.1. The SMILES string of the molecule is COc1ccccc1C1C2CCCCC2(O)CCN1C(=O)c1ccccc1Cl. The lowest BCUT2D eigenvalue weighted by atomic mass is 9.66. The second-order valence-electron chi connectivity index (χ2n) is 7.87. The molecule has 1 saturated heterocycles. The summed E-state index contributed by atoms with van der Waals surface area (Å²) in [4.78, 5) is 15.4. The Morgan fingerprint density at radius 2 is 1.89 bits per heavy atom. The van der Waals surface area contributed by atoms with Crippen LogP contribution in [-0.2, 0) is 0 Å². The Bertz CT molecular complexity index is 870. The number of hydrogen-bond acceptors (Lipinski definition) is 3. The van der Waals surface area contributed by atoms with E-state index in [2.05, 4.69) is 0 Å². The maximum atomic E-state index is 13.5. The number of aliphatic hydroxyl groups is 1. The van der Waals surface area contributed by atoms with Crippen molar-refractivity contribution in [2.24, 2.45) is 5.92 Å². The van der Waals surface area contributed by atoms with Gasteiger partial charge in [-0.3, -0.25) is 4.79 Å². The molecule has 2 aromatic rings. The fourth-order valence-corrected chi connectivity index (χ4v) is 5.21. The average Bonchev–Trinajstić information content (AvgIpc) is 2.72. The molecule has 1 aliphatic heterocycles. The fourth-order valence-electron chi connectivity index (χ4n) is 4.99. The van der Waals surface area contributed by atoms with Gasteiger partial charge in [0.2, 0.25) is 0 Å². The van der Waals surface area contributed by atoms with Crippen LogP contribution in [0.1, 0.15) is 54.1 Å². The quantitative estimate of drug-likeness (QED) is 0.802. The fraction of sp³-hybridized carbons (Fsp3) is 0.435. The van der Waals surface area contributed by atoms with E-state index in [4.69, 9.17) is 16.3 Å². The highest BCUT2D eigenvalue weighted by Gasteiger charge is 2.51. The van der Waals surface area contributed by atoms with Gasteiger partial charge in [0.05, 0.1) is 29.3 Å². The van der Waals surface area contributed by atoms with E-state index in [-0.39, 0.29) is 17.9 Å². The lowest BCUT2D eigenvalue weighted by Gasteiger charge is -2.52. The van der Waals surface area contributed by atoms with Gasteiger partial charge in [0, 0.05) is 18.0 Å². The molecule has 0 spiro atoms. The minimum absolute atomic E-state index is 0.0160. The molecule has 1 heterocycles. The smallest absolute Gasteiger partial charge is 0.255 e. The molecular weight excluding hydrogens is 374 g/mol. The molecule has 3 unspecified atom stereocenters. The summed E-state index contributed by atoms with van der Waals surface area (Å²) in [5.41, 5.74) is 0.724. The van der Waals surface area contributed by atoms with Crippen molar-refractivity contribution < 1.29 is 14.6 Å². The van der Waals surface area contributed by atoms with Crippen LogP contribution in [0.2, 0.25) is 5.02 Å². The molecule has 4 rings (SSSR count). The molecule has 148 valence electrons. The number of amides is 1. The summed E-state index contributed by atoms with van der Waals surface area (Å²) < 4.78 is 5.62. The van der Waals surface area contributed by atoms with E-state index in [9.17, 15) is 9.90 Å². The Hall–Kier alpha value is -2.04. The van der Waals surface area contributed by atoms with E-state index in [0.29, 0.717) is 23.6 Å². The summed E-state index contributed by atoms with van der Waals surface area (Å²) >= 11 is 6.33. The van der Waals surface area contributed by atoms with Crippen LogP contribution in [-0.4, -0.2) is 35.2 Å². The van der Waals surface area contributed by atoms with Gasteiger partial charge >= 0.3 is 0 Å². The molecule has 1 amide bonds. The number of likely N-dealkylation sites (tertiary alicyclic amines) is 1. The molecule has 28 heavy (non-hydrogen) atoms. The number of ether oxygens (including phenoxy) is 1. The number of para-hydroxylation sites is 1. The van der Waals surface area contributed by atoms with Gasteiger partial charge in [0.25, 0.3) is 5.91 Å². The number of piperidine rings is 1. The maximum absolute atomic E-state index is 13.5. The Balaban J connectivity index is 1.80. The first-order valence-electron chi connectivity index (χ1n) is 9.96. The van der Waals surface area contributed by atoms with Crippen LogP contribution in [0.3, 0.4) is 0 Å². The summed E-state index contributed by atoms with van der Waals surface area (Å²) in [6.45, 7) is 0.500. The molecule has 4 nitrogen and oxygen atoms in total. The van der Waals surface area contributed by atoms with E-state index in [1.807, 2.05) is 41.3 Å². The molecule has 0 radical (unpaired) electrons. The number of nitrogens with zero attached hydrogens (tertiary/aromatic N) is 1. The molecule has 5 heteroatoms. The number of halogens is 1. The Morgan fingerprint density at radius 1 is 1.14 bits per heavy atom. The highest BCUT2D eigenvalue weighted by Crippen LogP contribution is 2.51. The number of hydrogen-bond donors (Lipinski definition) is 1. The minimum atomic E-state index is -0.735. The predicted octanol–water partition coefficient (Wildman–Crippen LogP) is 4.86. The zero-order chi connectivity index (χ0) is 19.7. The van der Waals surface area contributed by atoms with E-state index in [0.717, 1.165) is 37.0 Å². The first-order chi connectivity index (χ1) is 13.5. The van der Waals surface area contributed by atoms with Crippen molar-refractivity contribution in [1.82, 2.24) is 4.90 Å². The summed E-state index contributed by atoms with van der Waals surface area (Å²) in [5.74, 6) is 0.645. The molecule has 3 atom stereocenters. The number of fused-ring (bicyclic) bond motifs is 1. The largest absolute Gasteiger partial charge is 0.496 e. The third kappa shape index (κ3) is 3.29. The number of carbonyl (C=O) groups is 1. The monoisotopic (exact) mass is 399 g/mol. The molecular formula is C23H26ClNO3. The molecule has 1 N–H and O–H groups in total. The summed E-state index contributed by atoms with van der Waals surface area (Å²) in [5, 5.41) is 11.9. The van der Waals surface area contributed by atoms with Crippen LogP contribution < -0.4 is 4.74 Å². The Labute approximate surface area is 171 Å². The summed E-state index contributed by atoms with van der Waals surface area (Å²) in [6, 6.07) is 14.8. The Morgan fingerprint density at radius 3 is 2.68 bits per heavy atom. The summed E-state index contributed by atoms with van der Waals surface area (Å²) in [7, 11) is 1.65. The Kier molecular flexibility index (Phi) is 5.35. The van der Waals surface area contributed by atoms with Gasteiger partial charge in [-0.15, -0.1) is 0 Å². The average molecular weight is 400 g/mol. The maximum Gasteiger partial charge on any atom is 0.255 e. The highest BCUT2D eigenvalue weighted by atomic mass is 35.5. The predicted molar refractivity (Wildman–Crippen MR) is 110 cm³/mol. The van der Waals surface area contributed by atoms with Gasteiger partial charge < -0.3 is 14.7 Å². The van der Waals surface area contributed by atoms with Gasteiger partial charge in [-0.2, -0.15) is 0 Å². The molecule has 1 saturated carbocycles. The third-order valence-corrected chi connectivity index (χ3v) is 6.72. The van der Waals surface area contributed by atoms with Crippen LogP contribution in [0.4, 0.5) is 0 Å². The van der Waals surface area contributed by atoms with Crippen LogP contribution in [0, 0.1) is 5.92 Å². The van der Waals surface area contributed by atoms with Crippen molar-refractivity contribution >= 4 is 17.5 Å². The van der Waals surface area contributed by atoms with Crippen LogP contribution in [0.15, 0.2) is 48.5 Å². The van der Waals surface area contributed by atoms with Crippen molar-refractivity contribution in [2.75, 3.05) is 13.7 Å². The second-order valence-corrected chi connectivity index (χ2v) is 8.28. The number of rotatable bonds is 3. The minimum Gasteiger partial charge on any atom is -0.496 e. The van der Waals surface area contributed by atoms with E-state index < -0.39 is 5.60 Å². The summed E-state index contributed by atoms with van der Waals surface area (Å²) in [6.07, 6.45) is 4.37. The number of benzene rings is 2. The third-order valence-electron chi connectivity index (χ3n) is 6.39. The van der Waals surface area contributed by atoms with Crippen molar-refractivity contribution in [3.63, 3.8) is 0 Å². The van der Waals surface area contributed by atoms with Gasteiger partial charge in [-0.1, -0.05) is 54.8 Å². The van der Waals surface area contributed by atoms with E-state index in [1.54, 1.807) is 19.2 Å². The highest BCUT2D eigenvalue weighted by molar-refractivity contribution is 6.33. The van der Waals surface area contributed by atoms with Crippen molar-refractivity contribution in [1.29, 1.82) is 0 Å². The molecule has 2 fully saturated rings. The molecule has 1 aliphatic carbocycles. The second kappa shape index (κ2) is 7.76. The van der Waals surface area contributed by atoms with Crippen LogP contribution in [0.5, 0.6) is 5.75 Å². The molecule has 2 aromatic carbocycles. The molecule has 0 aromatic heterocycles. The topological polar surface area (TPSA) is 49.8 Å². The standard InChI is InChI=1S/C23H26ClNO3/c1-28-20-12-5-3-9-17(20)21-18-10-6-7-13-23(18,27)14-15-25(21)22(26)16-8-2-4-11-19(16)24/h2-5,8-9,11-12,18,21,27H,6-7,10,13-15H2,1H3.